The van der Waals surface area contributed by atoms with Gasteiger partial charge in [-0.15, -0.1) is 0 Å². The fourth-order valence-electron chi connectivity index (χ4n) is 4.83. The molecular formula is C27H28N4O3. The maximum absolute atomic E-state index is 13.3. The maximum Gasteiger partial charge on any atom is 0.261 e. The first-order valence-corrected chi connectivity index (χ1v) is 11.4. The minimum Gasteiger partial charge on any atom is -0.497 e. The monoisotopic (exact) mass is 456 g/mol. The van der Waals surface area contributed by atoms with Crippen molar-refractivity contribution in [1.82, 2.24) is 9.78 Å². The lowest BCUT2D eigenvalue weighted by Crippen LogP contribution is -2.37. The van der Waals surface area contributed by atoms with Crippen LogP contribution < -0.4 is 15.4 Å². The van der Waals surface area contributed by atoms with E-state index in [1.165, 1.54) is 0 Å². The molecule has 0 saturated carbocycles. The molecule has 0 spiro atoms. The number of rotatable bonds is 4. The fraction of sp³-hybridized carbons (Fsp3) is 0.296. The van der Waals surface area contributed by atoms with Crippen LogP contribution in [-0.2, 0) is 4.79 Å². The number of amides is 1. The number of carbonyl (C=O) groups excluding carboxylic acids is 2. The number of aryl methyl sites for hydroxylation is 1. The number of Topliss-reactive ketones (excluding diaryl/α,β-unsaturated/α-hetero) is 1. The van der Waals surface area contributed by atoms with Crippen molar-refractivity contribution in [3.05, 3.63) is 82.7 Å². The van der Waals surface area contributed by atoms with E-state index in [0.717, 1.165) is 28.8 Å². The molecule has 2 heterocycles. The Morgan fingerprint density at radius 1 is 1.18 bits per heavy atom. The van der Waals surface area contributed by atoms with Gasteiger partial charge in [0, 0.05) is 29.4 Å². The number of ether oxygens (including phenoxy) is 1. The van der Waals surface area contributed by atoms with Gasteiger partial charge < -0.3 is 15.4 Å². The Morgan fingerprint density at radius 2 is 1.94 bits per heavy atom. The van der Waals surface area contributed by atoms with Crippen molar-refractivity contribution in [2.45, 2.75) is 39.7 Å². The van der Waals surface area contributed by atoms with Crippen molar-refractivity contribution in [1.29, 1.82) is 0 Å². The van der Waals surface area contributed by atoms with Crippen LogP contribution >= 0.6 is 0 Å². The van der Waals surface area contributed by atoms with E-state index in [0.29, 0.717) is 29.2 Å². The molecule has 1 atom stereocenters. The number of aromatic nitrogens is 2. The van der Waals surface area contributed by atoms with Crippen LogP contribution in [0.2, 0.25) is 0 Å². The van der Waals surface area contributed by atoms with Crippen LogP contribution in [0.1, 0.15) is 54.2 Å². The van der Waals surface area contributed by atoms with Gasteiger partial charge in [-0.1, -0.05) is 49.7 Å². The van der Waals surface area contributed by atoms with Crippen molar-refractivity contribution < 1.29 is 14.3 Å². The number of benzene rings is 2. The van der Waals surface area contributed by atoms with Crippen LogP contribution in [-0.4, -0.2) is 28.6 Å². The van der Waals surface area contributed by atoms with E-state index in [-0.39, 0.29) is 23.1 Å². The Morgan fingerprint density at radius 3 is 2.68 bits per heavy atom. The van der Waals surface area contributed by atoms with Gasteiger partial charge in [0.15, 0.2) is 5.78 Å². The zero-order chi connectivity index (χ0) is 24.0. The minimum atomic E-state index is -0.381. The Labute approximate surface area is 198 Å². The highest BCUT2D eigenvalue weighted by Crippen LogP contribution is 2.46. The summed E-state index contributed by atoms with van der Waals surface area (Å²) in [5.74, 6) is 1.09. The molecule has 1 aliphatic carbocycles. The first-order chi connectivity index (χ1) is 16.3. The zero-order valence-corrected chi connectivity index (χ0v) is 19.8. The molecule has 2 aliphatic rings. The molecule has 7 nitrogen and oxygen atoms in total. The van der Waals surface area contributed by atoms with Crippen LogP contribution in [0.5, 0.6) is 5.75 Å². The Balaban J connectivity index is 1.57. The molecule has 1 aliphatic heterocycles. The smallest absolute Gasteiger partial charge is 0.261 e. The highest BCUT2D eigenvalue weighted by Gasteiger charge is 2.42. The summed E-state index contributed by atoms with van der Waals surface area (Å²) in [6, 6.07) is 15.0. The molecule has 0 bridgehead atoms. The first-order valence-electron chi connectivity index (χ1n) is 11.4. The summed E-state index contributed by atoms with van der Waals surface area (Å²) >= 11 is 0. The number of anilines is 2. The summed E-state index contributed by atoms with van der Waals surface area (Å²) in [6.07, 6.45) is 2.77. The molecule has 1 amide bonds. The van der Waals surface area contributed by atoms with E-state index in [9.17, 15) is 9.59 Å². The molecule has 1 aromatic heterocycles. The van der Waals surface area contributed by atoms with Crippen LogP contribution in [0.25, 0.3) is 0 Å². The fourth-order valence-corrected chi connectivity index (χ4v) is 4.83. The van der Waals surface area contributed by atoms with Gasteiger partial charge in [-0.05, 0) is 36.5 Å². The number of ketones is 1. The SMILES string of the molecule is COc1cccc(NC(=O)c2cnn3c2NC2=C(C(=O)CC(C)(C)C2)[C@@H]3c2ccc(C)cc2)c1. The third-order valence-corrected chi connectivity index (χ3v) is 6.47. The maximum atomic E-state index is 13.3. The number of nitrogens with zero attached hydrogens (tertiary/aromatic N) is 2. The van der Waals surface area contributed by atoms with E-state index in [1.807, 2.05) is 49.4 Å². The van der Waals surface area contributed by atoms with Crippen molar-refractivity contribution in [2.24, 2.45) is 5.41 Å². The number of hydrogen-bond donors (Lipinski definition) is 2. The van der Waals surface area contributed by atoms with E-state index in [2.05, 4.69) is 29.6 Å². The molecule has 3 aromatic rings. The number of methoxy groups -OCH3 is 1. The molecule has 2 aromatic carbocycles. The van der Waals surface area contributed by atoms with Crippen molar-refractivity contribution in [2.75, 3.05) is 17.7 Å². The van der Waals surface area contributed by atoms with Gasteiger partial charge in [0.2, 0.25) is 0 Å². The summed E-state index contributed by atoms with van der Waals surface area (Å²) in [6.45, 7) is 6.23. The summed E-state index contributed by atoms with van der Waals surface area (Å²) in [4.78, 5) is 26.6. The second-order valence-corrected chi connectivity index (χ2v) is 9.81. The molecule has 0 fully saturated rings. The average molecular weight is 457 g/mol. The summed E-state index contributed by atoms with van der Waals surface area (Å²) in [7, 11) is 1.59. The largest absolute Gasteiger partial charge is 0.497 e. The quantitative estimate of drug-likeness (QED) is 0.570. The molecule has 7 heteroatoms. The summed E-state index contributed by atoms with van der Waals surface area (Å²) in [5.41, 5.74) is 4.60. The number of nitrogens with one attached hydrogen (secondary N) is 2. The molecule has 2 N–H and O–H groups in total. The summed E-state index contributed by atoms with van der Waals surface area (Å²) < 4.78 is 7.02. The van der Waals surface area contributed by atoms with E-state index in [1.54, 1.807) is 24.1 Å². The predicted molar refractivity (Wildman–Crippen MR) is 131 cm³/mol. The average Bonchev–Trinajstić information content (AvgIpc) is 3.21. The van der Waals surface area contributed by atoms with Crippen LogP contribution in [0.4, 0.5) is 11.5 Å². The third-order valence-electron chi connectivity index (χ3n) is 6.47. The van der Waals surface area contributed by atoms with Crippen LogP contribution in [0.3, 0.4) is 0 Å². The zero-order valence-electron chi connectivity index (χ0n) is 19.8. The third kappa shape index (κ3) is 3.87. The van der Waals surface area contributed by atoms with Crippen molar-refractivity contribution in [3.8, 4) is 5.75 Å². The standard InChI is InChI=1S/C27H28N4O3/c1-16-8-10-17(11-9-16)24-23-21(13-27(2,3)14-22(23)32)30-25-20(15-28-31(24)25)26(33)29-18-6-5-7-19(12-18)34-4/h5-12,15,24,30H,13-14H2,1-4H3,(H,29,33)/t24-/m0/s1. The lowest BCUT2D eigenvalue weighted by molar-refractivity contribution is -0.118. The number of allylic oxidation sites excluding steroid dienone is 2. The molecular weight excluding hydrogens is 428 g/mol. The number of carbonyl (C=O) groups is 2. The normalized spacial score (nSPS) is 18.6. The topological polar surface area (TPSA) is 85.2 Å². The van der Waals surface area contributed by atoms with E-state index in [4.69, 9.17) is 4.74 Å². The Kier molecular flexibility index (Phi) is 5.27. The van der Waals surface area contributed by atoms with Gasteiger partial charge in [0.05, 0.1) is 13.3 Å². The summed E-state index contributed by atoms with van der Waals surface area (Å²) in [5, 5.41) is 10.9. The Bertz CT molecular complexity index is 1320. The van der Waals surface area contributed by atoms with E-state index >= 15 is 0 Å². The van der Waals surface area contributed by atoms with Gasteiger partial charge in [0.1, 0.15) is 23.2 Å². The second-order valence-electron chi connectivity index (χ2n) is 9.81. The molecule has 174 valence electrons. The van der Waals surface area contributed by atoms with Crippen LogP contribution in [0.15, 0.2) is 66.0 Å². The molecule has 0 saturated heterocycles. The van der Waals surface area contributed by atoms with Crippen molar-refractivity contribution in [3.63, 3.8) is 0 Å². The lowest BCUT2D eigenvalue weighted by atomic mass is 9.73. The number of fused-ring (bicyclic) bond motifs is 1. The Hall–Kier alpha value is -3.87. The highest BCUT2D eigenvalue weighted by molar-refractivity contribution is 6.08. The van der Waals surface area contributed by atoms with Gasteiger partial charge in [0.25, 0.3) is 5.91 Å². The van der Waals surface area contributed by atoms with Gasteiger partial charge in [-0.2, -0.15) is 5.10 Å². The first kappa shape index (κ1) is 21.9. The highest BCUT2D eigenvalue weighted by atomic mass is 16.5. The minimum absolute atomic E-state index is 0.118. The van der Waals surface area contributed by atoms with Gasteiger partial charge >= 0.3 is 0 Å². The lowest BCUT2D eigenvalue weighted by Gasteiger charge is -2.39. The molecule has 5 rings (SSSR count). The number of hydrogen-bond acceptors (Lipinski definition) is 5. The van der Waals surface area contributed by atoms with Crippen LogP contribution in [0, 0.1) is 12.3 Å². The van der Waals surface area contributed by atoms with Gasteiger partial charge in [-0.25, -0.2) is 4.68 Å². The molecule has 0 unspecified atom stereocenters. The van der Waals surface area contributed by atoms with E-state index < -0.39 is 0 Å². The van der Waals surface area contributed by atoms with Crippen molar-refractivity contribution >= 4 is 23.2 Å². The molecule has 34 heavy (non-hydrogen) atoms. The van der Waals surface area contributed by atoms with Gasteiger partial charge in [-0.3, -0.25) is 9.59 Å². The predicted octanol–water partition coefficient (Wildman–Crippen LogP) is 5.11. The second kappa shape index (κ2) is 8.17. The molecule has 0 radical (unpaired) electrons.